The van der Waals surface area contributed by atoms with Crippen molar-refractivity contribution in [2.24, 2.45) is 0 Å². The Morgan fingerprint density at radius 3 is 2.65 bits per heavy atom. The van der Waals surface area contributed by atoms with E-state index in [0.29, 0.717) is 5.75 Å². The summed E-state index contributed by atoms with van der Waals surface area (Å²) in [6, 6.07) is 8.02. The summed E-state index contributed by atoms with van der Waals surface area (Å²) in [5.74, 6) is -2.07. The predicted molar refractivity (Wildman–Crippen MR) is 95.6 cm³/mol. The van der Waals surface area contributed by atoms with Crippen molar-refractivity contribution >= 4 is 29.6 Å². The minimum atomic E-state index is -0.861. The highest BCUT2D eigenvalue weighted by Crippen LogP contribution is 2.24. The normalized spacial score (nSPS) is 10.5. The molecule has 5 nitrogen and oxygen atoms in total. The summed E-state index contributed by atoms with van der Waals surface area (Å²) in [5.41, 5.74) is -0.177. The van der Waals surface area contributed by atoms with E-state index in [1.807, 2.05) is 6.07 Å². The molecule has 0 spiro atoms. The number of carbonyl (C=O) groups is 1. The fraction of sp³-hybridized carbons (Fsp3) is 0.176. The lowest BCUT2D eigenvalue weighted by Crippen LogP contribution is -2.22. The van der Waals surface area contributed by atoms with Crippen LogP contribution in [0.5, 0.6) is 5.75 Å². The Bertz CT molecular complexity index is 872. The lowest BCUT2D eigenvalue weighted by atomic mass is 10.1. The Morgan fingerprint density at radius 2 is 2.04 bits per heavy atom. The number of benzene rings is 2. The van der Waals surface area contributed by atoms with Gasteiger partial charge in [0.25, 0.3) is 5.91 Å². The van der Waals surface area contributed by atoms with Gasteiger partial charge in [0.15, 0.2) is 0 Å². The summed E-state index contributed by atoms with van der Waals surface area (Å²) >= 11 is 6.84. The number of hydrogen-bond donors (Lipinski definition) is 1. The van der Waals surface area contributed by atoms with Crippen molar-refractivity contribution in [3.05, 3.63) is 63.7 Å². The van der Waals surface area contributed by atoms with Crippen molar-refractivity contribution in [3.8, 4) is 11.8 Å². The predicted octanol–water partition coefficient (Wildman–Crippen LogP) is 3.92. The molecule has 1 N–H and O–H groups in total. The van der Waals surface area contributed by atoms with Crippen molar-refractivity contribution in [2.45, 2.75) is 6.61 Å². The highest BCUT2D eigenvalue weighted by Gasteiger charge is 2.17. The molecule has 9 heteroatoms. The maximum absolute atomic E-state index is 14.2. The molecule has 2 aromatic rings. The van der Waals surface area contributed by atoms with E-state index in [-0.39, 0.29) is 22.8 Å². The minimum Gasteiger partial charge on any atom is -0.489 e. The molecule has 0 fully saturated rings. The van der Waals surface area contributed by atoms with Gasteiger partial charge in [0, 0.05) is 23.8 Å². The average molecular weight is 398 g/mol. The second-order valence-electron chi connectivity index (χ2n) is 5.30. The third-order valence-corrected chi connectivity index (χ3v) is 4.11. The van der Waals surface area contributed by atoms with E-state index in [0.717, 1.165) is 24.3 Å². The molecular formula is C17H14ClF2N3O2S. The Labute approximate surface area is 158 Å². The maximum atomic E-state index is 14.2. The molecule has 0 unspecified atom stereocenters. The van der Waals surface area contributed by atoms with E-state index in [2.05, 4.69) is 4.72 Å². The van der Waals surface area contributed by atoms with Crippen molar-refractivity contribution in [2.75, 3.05) is 14.1 Å². The van der Waals surface area contributed by atoms with E-state index >= 15 is 0 Å². The monoisotopic (exact) mass is 397 g/mol. The minimum absolute atomic E-state index is 0.0557. The van der Waals surface area contributed by atoms with E-state index in [1.165, 1.54) is 18.2 Å². The molecule has 2 rings (SSSR count). The second kappa shape index (κ2) is 8.85. The largest absolute Gasteiger partial charge is 0.489 e. The quantitative estimate of drug-likeness (QED) is 0.748. The first kappa shape index (κ1) is 20.0. The molecule has 0 aliphatic carbocycles. The highest BCUT2D eigenvalue weighted by atomic mass is 35.5. The SMILES string of the molecule is CN(C)SNC(=O)c1cc(F)c(COc2ccc(C#N)c(Cl)c2)cc1F. The van der Waals surface area contributed by atoms with Crippen LogP contribution in [0.4, 0.5) is 8.78 Å². The summed E-state index contributed by atoms with van der Waals surface area (Å²) in [7, 11) is 3.38. The topological polar surface area (TPSA) is 65.4 Å². The molecule has 26 heavy (non-hydrogen) atoms. The Hall–Kier alpha value is -2.34. The molecule has 0 radical (unpaired) electrons. The fourth-order valence-electron chi connectivity index (χ4n) is 1.90. The number of carbonyl (C=O) groups excluding carboxylic acids is 1. The van der Waals surface area contributed by atoms with Gasteiger partial charge in [0.2, 0.25) is 0 Å². The Morgan fingerprint density at radius 1 is 1.31 bits per heavy atom. The molecule has 136 valence electrons. The molecule has 2 aromatic carbocycles. The molecular weight excluding hydrogens is 384 g/mol. The van der Waals surface area contributed by atoms with Gasteiger partial charge in [0.05, 0.1) is 16.1 Å². The van der Waals surface area contributed by atoms with Gasteiger partial charge < -0.3 is 4.74 Å². The molecule has 0 bridgehead atoms. The molecule has 1 amide bonds. The van der Waals surface area contributed by atoms with Crippen LogP contribution in [0, 0.1) is 23.0 Å². The summed E-state index contributed by atoms with van der Waals surface area (Å²) < 4.78 is 37.7. The zero-order valence-electron chi connectivity index (χ0n) is 13.8. The zero-order valence-corrected chi connectivity index (χ0v) is 15.4. The van der Waals surface area contributed by atoms with Crippen LogP contribution >= 0.6 is 23.7 Å². The lowest BCUT2D eigenvalue weighted by Gasteiger charge is -2.12. The average Bonchev–Trinajstić information content (AvgIpc) is 2.60. The number of rotatable bonds is 6. The van der Waals surface area contributed by atoms with Crippen LogP contribution in [-0.2, 0) is 6.61 Å². The van der Waals surface area contributed by atoms with Crippen LogP contribution in [0.15, 0.2) is 30.3 Å². The second-order valence-corrected chi connectivity index (χ2v) is 6.82. The number of halogens is 3. The van der Waals surface area contributed by atoms with E-state index in [1.54, 1.807) is 18.4 Å². The first-order valence-electron chi connectivity index (χ1n) is 7.26. The lowest BCUT2D eigenvalue weighted by molar-refractivity contribution is 0.0979. The van der Waals surface area contributed by atoms with E-state index in [4.69, 9.17) is 21.6 Å². The molecule has 0 aliphatic heterocycles. The fourth-order valence-corrected chi connectivity index (χ4v) is 2.49. The number of hydrogen-bond acceptors (Lipinski definition) is 5. The van der Waals surface area contributed by atoms with Gasteiger partial charge >= 0.3 is 0 Å². The van der Waals surface area contributed by atoms with Gasteiger partial charge in [-0.2, -0.15) is 5.26 Å². The third-order valence-electron chi connectivity index (χ3n) is 3.16. The zero-order chi connectivity index (χ0) is 19.3. The smallest absolute Gasteiger partial charge is 0.265 e. The number of amides is 1. The van der Waals surface area contributed by atoms with Crippen LogP contribution < -0.4 is 9.46 Å². The van der Waals surface area contributed by atoms with Gasteiger partial charge in [-0.05, 0) is 38.4 Å². The van der Waals surface area contributed by atoms with Crippen molar-refractivity contribution in [1.29, 1.82) is 5.26 Å². The van der Waals surface area contributed by atoms with E-state index in [9.17, 15) is 13.6 Å². The molecule has 0 saturated heterocycles. The van der Waals surface area contributed by atoms with Crippen LogP contribution in [0.2, 0.25) is 5.02 Å². The van der Waals surface area contributed by atoms with Gasteiger partial charge in [-0.15, -0.1) is 0 Å². The maximum Gasteiger partial charge on any atom is 0.265 e. The summed E-state index contributed by atoms with van der Waals surface area (Å²) in [6.07, 6.45) is 0. The first-order valence-corrected chi connectivity index (χ1v) is 8.42. The van der Waals surface area contributed by atoms with Gasteiger partial charge in [0.1, 0.15) is 30.1 Å². The van der Waals surface area contributed by atoms with Crippen molar-refractivity contribution < 1.29 is 18.3 Å². The van der Waals surface area contributed by atoms with Crippen LogP contribution in [-0.4, -0.2) is 24.3 Å². The summed E-state index contributed by atoms with van der Waals surface area (Å²) in [4.78, 5) is 11.9. The Kier molecular flexibility index (Phi) is 6.80. The molecule has 0 aromatic heterocycles. The summed E-state index contributed by atoms with van der Waals surface area (Å²) in [6.45, 7) is -0.265. The summed E-state index contributed by atoms with van der Waals surface area (Å²) in [5, 5.41) is 9.02. The van der Waals surface area contributed by atoms with Crippen LogP contribution in [0.25, 0.3) is 0 Å². The van der Waals surface area contributed by atoms with Crippen molar-refractivity contribution in [3.63, 3.8) is 0 Å². The van der Waals surface area contributed by atoms with Crippen molar-refractivity contribution in [1.82, 2.24) is 9.03 Å². The molecule has 0 heterocycles. The number of ether oxygens (including phenoxy) is 1. The molecule has 0 aliphatic rings. The van der Waals surface area contributed by atoms with Gasteiger partial charge in [-0.25, -0.2) is 13.1 Å². The number of nitrogens with one attached hydrogen (secondary N) is 1. The van der Waals surface area contributed by atoms with Crippen LogP contribution in [0.1, 0.15) is 21.5 Å². The van der Waals surface area contributed by atoms with Gasteiger partial charge in [-0.3, -0.25) is 9.52 Å². The molecule has 0 atom stereocenters. The first-order chi connectivity index (χ1) is 12.3. The van der Waals surface area contributed by atoms with Crippen LogP contribution in [0.3, 0.4) is 0 Å². The van der Waals surface area contributed by atoms with E-state index < -0.39 is 23.1 Å². The number of nitrogens with zero attached hydrogens (tertiary/aromatic N) is 2. The standard InChI is InChI=1S/C17H14ClF2N3O2S/c1-23(2)26-22-17(24)13-7-15(19)11(5-16(13)20)9-25-12-4-3-10(8-21)14(18)6-12/h3-7H,9H2,1-2H3,(H,22,24). The third kappa shape index (κ3) is 5.08. The van der Waals surface area contributed by atoms with Gasteiger partial charge in [-0.1, -0.05) is 11.6 Å². The Balaban J connectivity index is 2.11. The number of nitriles is 1. The highest BCUT2D eigenvalue weighted by molar-refractivity contribution is 7.95. The molecule has 0 saturated carbocycles.